The van der Waals surface area contributed by atoms with Crippen LogP contribution in [0.15, 0.2) is 18.2 Å². The van der Waals surface area contributed by atoms with Gasteiger partial charge in [0.1, 0.15) is 5.75 Å². The minimum atomic E-state index is -0.847. The van der Waals surface area contributed by atoms with Gasteiger partial charge in [-0.2, -0.15) is 0 Å². The standard InChI is InChI=1S/C13H18ClNO3/c1-3-9(2)15(8-13(17)18)7-10-4-5-12(16)11(14)6-10/h4-6,9,16H,3,7-8H2,1-2H3,(H,17,18). The number of hydrogen-bond donors (Lipinski definition) is 2. The Hall–Kier alpha value is -1.26. The smallest absolute Gasteiger partial charge is 0.317 e. The fourth-order valence-corrected chi connectivity index (χ4v) is 1.89. The van der Waals surface area contributed by atoms with E-state index in [9.17, 15) is 9.90 Å². The first kappa shape index (κ1) is 14.8. The molecule has 0 aromatic heterocycles. The normalized spacial score (nSPS) is 12.7. The Morgan fingerprint density at radius 3 is 2.67 bits per heavy atom. The van der Waals surface area contributed by atoms with Gasteiger partial charge in [-0.05, 0) is 31.0 Å². The van der Waals surface area contributed by atoms with Crippen LogP contribution in [0.4, 0.5) is 0 Å². The molecule has 0 spiro atoms. The van der Waals surface area contributed by atoms with Gasteiger partial charge in [-0.1, -0.05) is 24.6 Å². The minimum Gasteiger partial charge on any atom is -0.506 e. The number of carbonyl (C=O) groups is 1. The van der Waals surface area contributed by atoms with E-state index >= 15 is 0 Å². The number of carboxylic acid groups (broad SMARTS) is 1. The molecule has 0 bridgehead atoms. The second kappa shape index (κ2) is 6.61. The predicted octanol–water partition coefficient (Wildman–Crippen LogP) is 2.73. The zero-order chi connectivity index (χ0) is 13.7. The lowest BCUT2D eigenvalue weighted by Gasteiger charge is -2.26. The molecule has 0 aliphatic rings. The largest absolute Gasteiger partial charge is 0.506 e. The Kier molecular flexibility index (Phi) is 5.44. The van der Waals surface area contributed by atoms with Crippen LogP contribution in [0.25, 0.3) is 0 Å². The number of halogens is 1. The maximum Gasteiger partial charge on any atom is 0.317 e. The van der Waals surface area contributed by atoms with E-state index in [1.54, 1.807) is 12.1 Å². The summed E-state index contributed by atoms with van der Waals surface area (Å²) in [6.07, 6.45) is 0.874. The van der Waals surface area contributed by atoms with Crippen LogP contribution in [-0.2, 0) is 11.3 Å². The topological polar surface area (TPSA) is 60.8 Å². The molecule has 0 radical (unpaired) electrons. The van der Waals surface area contributed by atoms with Gasteiger partial charge in [-0.25, -0.2) is 0 Å². The summed E-state index contributed by atoms with van der Waals surface area (Å²) < 4.78 is 0. The number of phenols is 1. The molecule has 0 amide bonds. The molecule has 5 heteroatoms. The van der Waals surface area contributed by atoms with Crippen LogP contribution in [0.1, 0.15) is 25.8 Å². The van der Waals surface area contributed by atoms with E-state index in [0.29, 0.717) is 6.54 Å². The van der Waals surface area contributed by atoms with Crippen LogP contribution in [0.5, 0.6) is 5.75 Å². The third-order valence-electron chi connectivity index (χ3n) is 2.95. The predicted molar refractivity (Wildman–Crippen MR) is 70.9 cm³/mol. The molecule has 1 aromatic rings. The number of hydrogen-bond acceptors (Lipinski definition) is 3. The Morgan fingerprint density at radius 1 is 1.50 bits per heavy atom. The molecule has 1 atom stereocenters. The van der Waals surface area contributed by atoms with Crippen LogP contribution < -0.4 is 0 Å². The van der Waals surface area contributed by atoms with Gasteiger partial charge >= 0.3 is 5.97 Å². The van der Waals surface area contributed by atoms with Gasteiger partial charge in [-0.3, -0.25) is 9.69 Å². The molecule has 2 N–H and O–H groups in total. The summed E-state index contributed by atoms with van der Waals surface area (Å²) >= 11 is 5.83. The van der Waals surface area contributed by atoms with Gasteiger partial charge in [0.15, 0.2) is 0 Å². The zero-order valence-corrected chi connectivity index (χ0v) is 11.3. The van der Waals surface area contributed by atoms with Crippen molar-refractivity contribution in [2.24, 2.45) is 0 Å². The summed E-state index contributed by atoms with van der Waals surface area (Å²) in [4.78, 5) is 12.7. The molecule has 0 aliphatic heterocycles. The van der Waals surface area contributed by atoms with Crippen molar-refractivity contribution < 1.29 is 15.0 Å². The average Bonchev–Trinajstić information content (AvgIpc) is 2.31. The van der Waals surface area contributed by atoms with Crippen molar-refractivity contribution in [1.29, 1.82) is 0 Å². The second-order valence-corrected chi connectivity index (χ2v) is 4.75. The summed E-state index contributed by atoms with van der Waals surface area (Å²) in [6, 6.07) is 5.11. The SMILES string of the molecule is CCC(C)N(CC(=O)O)Cc1ccc(O)c(Cl)c1. The molecule has 1 aromatic carbocycles. The lowest BCUT2D eigenvalue weighted by Crippen LogP contribution is -2.36. The first-order chi connectivity index (χ1) is 8.43. The van der Waals surface area contributed by atoms with Gasteiger partial charge in [0, 0.05) is 12.6 Å². The van der Waals surface area contributed by atoms with Crippen LogP contribution in [0, 0.1) is 0 Å². The van der Waals surface area contributed by atoms with E-state index in [1.165, 1.54) is 6.07 Å². The highest BCUT2D eigenvalue weighted by Crippen LogP contribution is 2.24. The second-order valence-electron chi connectivity index (χ2n) is 4.34. The maximum absolute atomic E-state index is 10.8. The summed E-state index contributed by atoms with van der Waals surface area (Å²) in [5.74, 6) is -0.811. The number of aliphatic carboxylic acids is 1. The minimum absolute atomic E-state index is 0.00645. The maximum atomic E-state index is 10.8. The van der Waals surface area contributed by atoms with Gasteiger partial charge in [0.2, 0.25) is 0 Å². The van der Waals surface area contributed by atoms with Gasteiger partial charge < -0.3 is 10.2 Å². The number of nitrogens with zero attached hydrogens (tertiary/aromatic N) is 1. The molecule has 0 saturated carbocycles. The first-order valence-corrected chi connectivity index (χ1v) is 6.25. The Labute approximate surface area is 112 Å². The summed E-state index contributed by atoms with van der Waals surface area (Å²) in [5.41, 5.74) is 0.888. The molecule has 0 aliphatic carbocycles. The summed E-state index contributed by atoms with van der Waals surface area (Å²) in [5, 5.41) is 18.5. The number of carboxylic acids is 1. The lowest BCUT2D eigenvalue weighted by atomic mass is 10.1. The number of phenolic OH excluding ortho intramolecular Hbond substituents is 1. The van der Waals surface area contributed by atoms with Gasteiger partial charge in [0.05, 0.1) is 11.6 Å². The van der Waals surface area contributed by atoms with Crippen molar-refractivity contribution in [2.45, 2.75) is 32.9 Å². The molecular weight excluding hydrogens is 254 g/mol. The van der Waals surface area contributed by atoms with E-state index in [4.69, 9.17) is 16.7 Å². The van der Waals surface area contributed by atoms with E-state index in [-0.39, 0.29) is 23.4 Å². The van der Waals surface area contributed by atoms with E-state index in [0.717, 1.165) is 12.0 Å². The highest BCUT2D eigenvalue weighted by Gasteiger charge is 2.16. The molecule has 0 saturated heterocycles. The molecule has 0 fully saturated rings. The van der Waals surface area contributed by atoms with Crippen molar-refractivity contribution in [1.82, 2.24) is 4.90 Å². The zero-order valence-electron chi connectivity index (χ0n) is 10.6. The highest BCUT2D eigenvalue weighted by atomic mass is 35.5. The monoisotopic (exact) mass is 271 g/mol. The molecule has 1 unspecified atom stereocenters. The van der Waals surface area contributed by atoms with Crippen LogP contribution >= 0.6 is 11.6 Å². The third-order valence-corrected chi connectivity index (χ3v) is 3.25. The van der Waals surface area contributed by atoms with Crippen molar-refractivity contribution in [3.63, 3.8) is 0 Å². The highest BCUT2D eigenvalue weighted by molar-refractivity contribution is 6.32. The van der Waals surface area contributed by atoms with E-state index in [2.05, 4.69) is 0 Å². The average molecular weight is 272 g/mol. The van der Waals surface area contributed by atoms with Gasteiger partial charge in [0.25, 0.3) is 0 Å². The van der Waals surface area contributed by atoms with Crippen LogP contribution in [0.3, 0.4) is 0 Å². The quantitative estimate of drug-likeness (QED) is 0.835. The summed E-state index contributed by atoms with van der Waals surface area (Å²) in [7, 11) is 0. The Morgan fingerprint density at radius 2 is 2.17 bits per heavy atom. The fraction of sp³-hybridized carbons (Fsp3) is 0.462. The van der Waals surface area contributed by atoms with Crippen molar-refractivity contribution in [3.8, 4) is 5.75 Å². The van der Waals surface area contributed by atoms with E-state index < -0.39 is 5.97 Å². The third kappa shape index (κ3) is 4.20. The van der Waals surface area contributed by atoms with Gasteiger partial charge in [-0.15, -0.1) is 0 Å². The fourth-order valence-electron chi connectivity index (χ4n) is 1.68. The van der Waals surface area contributed by atoms with Crippen molar-refractivity contribution in [3.05, 3.63) is 28.8 Å². The number of aromatic hydroxyl groups is 1. The van der Waals surface area contributed by atoms with Crippen LogP contribution in [0.2, 0.25) is 5.02 Å². The Balaban J connectivity index is 2.81. The molecule has 100 valence electrons. The van der Waals surface area contributed by atoms with E-state index in [1.807, 2.05) is 18.7 Å². The molecule has 4 nitrogen and oxygen atoms in total. The first-order valence-electron chi connectivity index (χ1n) is 5.87. The van der Waals surface area contributed by atoms with Crippen molar-refractivity contribution >= 4 is 17.6 Å². The number of benzene rings is 1. The lowest BCUT2D eigenvalue weighted by molar-refractivity contribution is -0.139. The molecule has 0 heterocycles. The molecular formula is C13H18ClNO3. The molecule has 18 heavy (non-hydrogen) atoms. The number of rotatable bonds is 6. The Bertz CT molecular complexity index is 423. The molecule has 1 rings (SSSR count). The summed E-state index contributed by atoms with van der Waals surface area (Å²) in [6.45, 7) is 4.50. The van der Waals surface area contributed by atoms with Crippen molar-refractivity contribution in [2.75, 3.05) is 6.54 Å². The van der Waals surface area contributed by atoms with Crippen LogP contribution in [-0.4, -0.2) is 33.7 Å².